The average Bonchev–Trinajstić information content (AvgIpc) is 2.87. The quantitative estimate of drug-likeness (QED) is 0.101. The number of nitrogens with two attached hydrogens (primary N) is 1. The number of hydrogen-bond donors (Lipinski definition) is 3. The molecule has 0 aliphatic rings. The van der Waals surface area contributed by atoms with E-state index in [1.165, 1.54) is 12.1 Å². The topological polar surface area (TPSA) is 84.2 Å². The molecule has 0 saturated heterocycles. The van der Waals surface area contributed by atoms with Gasteiger partial charge in [-0.15, -0.1) is 11.8 Å². The normalized spacial score (nSPS) is 11.2. The van der Waals surface area contributed by atoms with Gasteiger partial charge in [-0.25, -0.2) is 4.39 Å². The first-order chi connectivity index (χ1) is 17.0. The van der Waals surface area contributed by atoms with Gasteiger partial charge >= 0.3 is 0 Å². The van der Waals surface area contributed by atoms with Gasteiger partial charge in [-0.1, -0.05) is 42.8 Å². The SMILES string of the molecule is CSc1ccc(/C=C(/C(=O)NCCCCCC(=O)Nc2ccccc2N)c2ccc(F)cc2)cc1. The van der Waals surface area contributed by atoms with Crippen molar-refractivity contribution in [1.82, 2.24) is 5.32 Å². The van der Waals surface area contributed by atoms with Crippen LogP contribution in [0.25, 0.3) is 11.6 Å². The van der Waals surface area contributed by atoms with E-state index in [0.717, 1.165) is 23.3 Å². The van der Waals surface area contributed by atoms with Crippen molar-refractivity contribution in [3.8, 4) is 0 Å². The summed E-state index contributed by atoms with van der Waals surface area (Å²) in [6, 6.07) is 21.0. The van der Waals surface area contributed by atoms with Crippen LogP contribution in [0.1, 0.15) is 36.8 Å². The maximum absolute atomic E-state index is 13.4. The molecular weight excluding hydrogens is 461 g/mol. The van der Waals surface area contributed by atoms with Crippen molar-refractivity contribution in [3.05, 3.63) is 89.7 Å². The van der Waals surface area contributed by atoms with Crippen molar-refractivity contribution in [2.75, 3.05) is 23.9 Å². The van der Waals surface area contributed by atoms with Crippen LogP contribution in [-0.2, 0) is 9.59 Å². The number of nitrogens with one attached hydrogen (secondary N) is 2. The highest BCUT2D eigenvalue weighted by molar-refractivity contribution is 7.98. The molecule has 0 atom stereocenters. The van der Waals surface area contributed by atoms with Crippen molar-refractivity contribution in [1.29, 1.82) is 0 Å². The predicted octanol–water partition coefficient (Wildman–Crippen LogP) is 5.99. The molecule has 0 unspecified atom stereocenters. The summed E-state index contributed by atoms with van der Waals surface area (Å²) in [5.41, 5.74) is 9.02. The summed E-state index contributed by atoms with van der Waals surface area (Å²) in [5, 5.41) is 5.77. The molecule has 0 radical (unpaired) electrons. The van der Waals surface area contributed by atoms with E-state index in [1.54, 1.807) is 36.0 Å². The summed E-state index contributed by atoms with van der Waals surface area (Å²) < 4.78 is 13.4. The zero-order chi connectivity index (χ0) is 25.0. The van der Waals surface area contributed by atoms with Crippen LogP contribution in [0.5, 0.6) is 0 Å². The standard InChI is InChI=1S/C28H30FN3O2S/c1-35-23-16-10-20(11-17-23)19-24(21-12-14-22(29)15-13-21)28(34)31-18-6-2-3-9-27(33)32-26-8-5-4-7-25(26)30/h4-5,7-8,10-17,19H,2-3,6,9,18,30H2,1H3,(H,31,34)(H,32,33)/b24-19+. The Morgan fingerprint density at radius 3 is 2.34 bits per heavy atom. The summed E-state index contributed by atoms with van der Waals surface area (Å²) in [6.07, 6.45) is 6.45. The molecule has 0 bridgehead atoms. The molecule has 2 amide bonds. The number of amides is 2. The molecule has 0 aromatic heterocycles. The first-order valence-corrected chi connectivity index (χ1v) is 12.7. The number of para-hydroxylation sites is 2. The third kappa shape index (κ3) is 8.30. The van der Waals surface area contributed by atoms with Crippen LogP contribution in [0.4, 0.5) is 15.8 Å². The fourth-order valence-corrected chi connectivity index (χ4v) is 3.89. The van der Waals surface area contributed by atoms with Crippen LogP contribution in [0.2, 0.25) is 0 Å². The van der Waals surface area contributed by atoms with Gasteiger partial charge in [0, 0.05) is 23.4 Å². The smallest absolute Gasteiger partial charge is 0.251 e. The van der Waals surface area contributed by atoms with Gasteiger partial charge in [0.15, 0.2) is 0 Å². The Morgan fingerprint density at radius 1 is 0.943 bits per heavy atom. The second-order valence-electron chi connectivity index (χ2n) is 8.04. The summed E-state index contributed by atoms with van der Waals surface area (Å²) in [7, 11) is 0. The number of hydrogen-bond acceptors (Lipinski definition) is 4. The molecule has 5 nitrogen and oxygen atoms in total. The maximum atomic E-state index is 13.4. The van der Waals surface area contributed by atoms with Crippen LogP contribution in [0.15, 0.2) is 77.7 Å². The molecule has 3 aromatic carbocycles. The van der Waals surface area contributed by atoms with E-state index in [-0.39, 0.29) is 17.6 Å². The van der Waals surface area contributed by atoms with Crippen LogP contribution in [-0.4, -0.2) is 24.6 Å². The number of unbranched alkanes of at least 4 members (excludes halogenated alkanes) is 2. The molecule has 0 aliphatic heterocycles. The van der Waals surface area contributed by atoms with Crippen molar-refractivity contribution in [2.45, 2.75) is 30.6 Å². The number of carbonyl (C=O) groups excluding carboxylic acids is 2. The van der Waals surface area contributed by atoms with E-state index in [9.17, 15) is 14.0 Å². The van der Waals surface area contributed by atoms with Gasteiger partial charge in [-0.3, -0.25) is 9.59 Å². The number of rotatable bonds is 11. The molecule has 0 aliphatic carbocycles. The largest absolute Gasteiger partial charge is 0.397 e. The number of benzene rings is 3. The lowest BCUT2D eigenvalue weighted by Crippen LogP contribution is -2.25. The van der Waals surface area contributed by atoms with Crippen molar-refractivity contribution in [2.24, 2.45) is 0 Å². The van der Waals surface area contributed by atoms with Gasteiger partial charge in [0.2, 0.25) is 5.91 Å². The highest BCUT2D eigenvalue weighted by Crippen LogP contribution is 2.22. The molecule has 0 saturated carbocycles. The fraction of sp³-hybridized carbons (Fsp3) is 0.214. The van der Waals surface area contributed by atoms with Crippen molar-refractivity contribution in [3.63, 3.8) is 0 Å². The van der Waals surface area contributed by atoms with Gasteiger partial charge < -0.3 is 16.4 Å². The number of carbonyl (C=O) groups is 2. The first-order valence-electron chi connectivity index (χ1n) is 11.5. The number of nitrogen functional groups attached to an aromatic ring is 1. The molecule has 0 spiro atoms. The van der Waals surface area contributed by atoms with Gasteiger partial charge in [0.05, 0.1) is 11.4 Å². The lowest BCUT2D eigenvalue weighted by atomic mass is 10.0. The fourth-order valence-electron chi connectivity index (χ4n) is 3.48. The minimum Gasteiger partial charge on any atom is -0.397 e. The highest BCUT2D eigenvalue weighted by atomic mass is 32.2. The molecule has 3 rings (SSSR count). The Balaban J connectivity index is 1.51. The Labute approximate surface area is 210 Å². The molecule has 7 heteroatoms. The van der Waals surface area contributed by atoms with Gasteiger partial charge in [0.1, 0.15) is 5.82 Å². The molecule has 4 N–H and O–H groups in total. The lowest BCUT2D eigenvalue weighted by molar-refractivity contribution is -0.117. The Hall–Kier alpha value is -3.58. The minimum atomic E-state index is -0.350. The average molecular weight is 492 g/mol. The van der Waals surface area contributed by atoms with E-state index in [4.69, 9.17) is 5.73 Å². The number of halogens is 1. The molecule has 35 heavy (non-hydrogen) atoms. The molecule has 0 heterocycles. The molecular formula is C28H30FN3O2S. The summed E-state index contributed by atoms with van der Waals surface area (Å²) in [5.74, 6) is -0.652. The second-order valence-corrected chi connectivity index (χ2v) is 8.92. The van der Waals surface area contributed by atoms with E-state index in [1.807, 2.05) is 48.7 Å². The first kappa shape index (κ1) is 26.0. The van der Waals surface area contributed by atoms with Crippen molar-refractivity contribution < 1.29 is 14.0 Å². The summed E-state index contributed by atoms with van der Waals surface area (Å²) in [4.78, 5) is 26.2. The third-order valence-electron chi connectivity index (χ3n) is 5.43. The van der Waals surface area contributed by atoms with Crippen LogP contribution in [0.3, 0.4) is 0 Å². The van der Waals surface area contributed by atoms with Gasteiger partial charge in [-0.2, -0.15) is 0 Å². The molecule has 0 fully saturated rings. The predicted molar refractivity (Wildman–Crippen MR) is 143 cm³/mol. The zero-order valence-electron chi connectivity index (χ0n) is 19.7. The number of anilines is 2. The Bertz CT molecular complexity index is 1160. The molecule has 3 aromatic rings. The van der Waals surface area contributed by atoms with E-state index >= 15 is 0 Å². The van der Waals surface area contributed by atoms with E-state index < -0.39 is 0 Å². The van der Waals surface area contributed by atoms with Gasteiger partial charge in [0.25, 0.3) is 5.91 Å². The van der Waals surface area contributed by atoms with Crippen molar-refractivity contribution >= 4 is 46.6 Å². The van der Waals surface area contributed by atoms with Crippen LogP contribution in [0, 0.1) is 5.82 Å². The summed E-state index contributed by atoms with van der Waals surface area (Å²) in [6.45, 7) is 0.482. The Morgan fingerprint density at radius 2 is 1.66 bits per heavy atom. The van der Waals surface area contributed by atoms with E-state index in [2.05, 4.69) is 10.6 Å². The second kappa shape index (κ2) is 13.3. The summed E-state index contributed by atoms with van der Waals surface area (Å²) >= 11 is 1.65. The monoisotopic (exact) mass is 491 g/mol. The van der Waals surface area contributed by atoms with Gasteiger partial charge in [-0.05, 0) is 72.7 Å². The number of thioether (sulfide) groups is 1. The van der Waals surface area contributed by atoms with Crippen LogP contribution >= 0.6 is 11.8 Å². The van der Waals surface area contributed by atoms with E-state index in [0.29, 0.717) is 41.9 Å². The lowest BCUT2D eigenvalue weighted by Gasteiger charge is -2.11. The minimum absolute atomic E-state index is 0.0824. The highest BCUT2D eigenvalue weighted by Gasteiger charge is 2.12. The Kier molecular flexibility index (Phi) is 9.93. The maximum Gasteiger partial charge on any atom is 0.251 e. The van der Waals surface area contributed by atoms with Crippen LogP contribution < -0.4 is 16.4 Å². The zero-order valence-corrected chi connectivity index (χ0v) is 20.5. The third-order valence-corrected chi connectivity index (χ3v) is 6.17. The molecule has 182 valence electrons.